The second-order valence-electron chi connectivity index (χ2n) is 5.74. The van der Waals surface area contributed by atoms with E-state index in [1.807, 2.05) is 12.1 Å². The van der Waals surface area contributed by atoms with Crippen LogP contribution >= 0.6 is 0 Å². The summed E-state index contributed by atoms with van der Waals surface area (Å²) in [7, 11) is 0. The summed E-state index contributed by atoms with van der Waals surface area (Å²) in [6, 6.07) is 11.7. The van der Waals surface area contributed by atoms with Crippen molar-refractivity contribution in [3.05, 3.63) is 77.5 Å². The van der Waals surface area contributed by atoms with Crippen LogP contribution in [0.25, 0.3) is 17.0 Å². The van der Waals surface area contributed by atoms with Gasteiger partial charge in [-0.2, -0.15) is 13.2 Å². The number of aromatic nitrogens is 1. The molecule has 1 aromatic heterocycles. The molecule has 0 aliphatic heterocycles. The molecule has 0 saturated heterocycles. The van der Waals surface area contributed by atoms with Crippen LogP contribution in [0.2, 0.25) is 0 Å². The molecule has 0 aliphatic rings. The highest BCUT2D eigenvalue weighted by molar-refractivity contribution is 6.09. The van der Waals surface area contributed by atoms with Gasteiger partial charge in [-0.3, -0.25) is 4.79 Å². The number of fused-ring (bicyclic) bond motifs is 1. The minimum absolute atomic E-state index is 0.199. The van der Waals surface area contributed by atoms with Gasteiger partial charge in [0.1, 0.15) is 0 Å². The maximum atomic E-state index is 12.7. The molecule has 27 heavy (non-hydrogen) atoms. The van der Waals surface area contributed by atoms with Crippen LogP contribution in [0.3, 0.4) is 0 Å². The van der Waals surface area contributed by atoms with Crippen molar-refractivity contribution in [3.63, 3.8) is 0 Å². The van der Waals surface area contributed by atoms with Crippen LogP contribution in [0.15, 0.2) is 60.8 Å². The van der Waals surface area contributed by atoms with Crippen LogP contribution in [-0.2, 0) is 15.7 Å². The van der Waals surface area contributed by atoms with Crippen molar-refractivity contribution in [1.29, 1.82) is 0 Å². The molecule has 138 valence electrons. The van der Waals surface area contributed by atoms with Gasteiger partial charge in [-0.1, -0.05) is 30.3 Å². The topological polar surface area (TPSA) is 59.2 Å². The summed E-state index contributed by atoms with van der Waals surface area (Å²) >= 11 is 0. The number of ether oxygens (including phenoxy) is 1. The van der Waals surface area contributed by atoms with Crippen LogP contribution in [0, 0.1) is 0 Å². The van der Waals surface area contributed by atoms with E-state index in [1.54, 1.807) is 18.3 Å². The smallest absolute Gasteiger partial charge is 0.416 e. The van der Waals surface area contributed by atoms with Crippen molar-refractivity contribution in [1.82, 2.24) is 4.98 Å². The van der Waals surface area contributed by atoms with Gasteiger partial charge in [0.2, 0.25) is 5.78 Å². The minimum atomic E-state index is -4.46. The lowest BCUT2D eigenvalue weighted by Crippen LogP contribution is -2.12. The van der Waals surface area contributed by atoms with Crippen LogP contribution < -0.4 is 0 Å². The van der Waals surface area contributed by atoms with E-state index < -0.39 is 24.3 Å². The lowest BCUT2D eigenvalue weighted by Gasteiger charge is -2.06. The fourth-order valence-electron chi connectivity index (χ4n) is 2.55. The number of benzene rings is 2. The van der Waals surface area contributed by atoms with Crippen molar-refractivity contribution < 1.29 is 27.5 Å². The molecule has 7 heteroatoms. The molecule has 0 spiro atoms. The molecule has 0 amide bonds. The van der Waals surface area contributed by atoms with Gasteiger partial charge in [-0.15, -0.1) is 0 Å². The fourth-order valence-corrected chi connectivity index (χ4v) is 2.55. The Bertz CT molecular complexity index is 1020. The molecule has 1 N–H and O–H groups in total. The molecule has 3 rings (SSSR count). The predicted octanol–water partition coefficient (Wildman–Crippen LogP) is 4.63. The normalized spacial score (nSPS) is 11.8. The van der Waals surface area contributed by atoms with E-state index in [9.17, 15) is 22.8 Å². The number of ketones is 1. The third-order valence-corrected chi connectivity index (χ3v) is 3.86. The standard InChI is InChI=1S/C20H14F3NO3/c21-20(22,23)14-5-3-4-13(10-14)8-9-19(26)27-12-18(25)16-11-24-17-7-2-1-6-15(16)17/h1-11,24H,12H2. The van der Waals surface area contributed by atoms with Crippen molar-refractivity contribution >= 4 is 28.7 Å². The quantitative estimate of drug-likeness (QED) is 0.403. The van der Waals surface area contributed by atoms with E-state index in [-0.39, 0.29) is 11.3 Å². The molecule has 1 heterocycles. The monoisotopic (exact) mass is 373 g/mol. The maximum absolute atomic E-state index is 12.7. The highest BCUT2D eigenvalue weighted by Gasteiger charge is 2.30. The van der Waals surface area contributed by atoms with Crippen LogP contribution in [-0.4, -0.2) is 23.3 Å². The van der Waals surface area contributed by atoms with Gasteiger partial charge in [-0.25, -0.2) is 4.79 Å². The van der Waals surface area contributed by atoms with Gasteiger partial charge in [0.15, 0.2) is 6.61 Å². The van der Waals surface area contributed by atoms with E-state index in [0.717, 1.165) is 29.1 Å². The minimum Gasteiger partial charge on any atom is -0.454 e. The summed E-state index contributed by atoms with van der Waals surface area (Å²) in [6.07, 6.45) is -0.735. The molecule has 0 aliphatic carbocycles. The number of halogens is 3. The molecule has 4 nitrogen and oxygen atoms in total. The zero-order valence-corrected chi connectivity index (χ0v) is 13.9. The van der Waals surface area contributed by atoms with Gasteiger partial charge in [-0.05, 0) is 29.8 Å². The fraction of sp³-hybridized carbons (Fsp3) is 0.100. The zero-order chi connectivity index (χ0) is 19.4. The molecule has 3 aromatic rings. The lowest BCUT2D eigenvalue weighted by atomic mass is 10.1. The Morgan fingerprint density at radius 2 is 1.85 bits per heavy atom. The Balaban J connectivity index is 1.61. The Morgan fingerprint density at radius 1 is 1.07 bits per heavy atom. The Kier molecular flexibility index (Phi) is 5.12. The Hall–Kier alpha value is -3.35. The third-order valence-electron chi connectivity index (χ3n) is 3.86. The molecule has 0 bridgehead atoms. The molecule has 0 saturated carbocycles. The SMILES string of the molecule is O=C(C=Cc1cccc(C(F)(F)F)c1)OCC(=O)c1c[nH]c2ccccc12. The first-order valence-electron chi connectivity index (χ1n) is 7.96. The highest BCUT2D eigenvalue weighted by Crippen LogP contribution is 2.29. The average Bonchev–Trinajstić information content (AvgIpc) is 3.08. The second-order valence-corrected chi connectivity index (χ2v) is 5.74. The van der Waals surface area contributed by atoms with E-state index >= 15 is 0 Å². The van der Waals surface area contributed by atoms with Gasteiger partial charge in [0.05, 0.1) is 5.56 Å². The summed E-state index contributed by atoms with van der Waals surface area (Å²) in [5.74, 6) is -1.20. The first-order chi connectivity index (χ1) is 12.8. The number of esters is 1. The number of H-pyrrole nitrogens is 1. The van der Waals surface area contributed by atoms with Gasteiger partial charge in [0, 0.05) is 28.7 Å². The van der Waals surface area contributed by atoms with Crippen LogP contribution in [0.1, 0.15) is 21.5 Å². The Labute approximate surface area is 152 Å². The number of carbonyl (C=O) groups excluding carboxylic acids is 2. The first-order valence-corrected chi connectivity index (χ1v) is 7.96. The first kappa shape index (κ1) is 18.4. The van der Waals surface area contributed by atoms with Crippen molar-refractivity contribution in [2.45, 2.75) is 6.18 Å². The number of para-hydroxylation sites is 1. The average molecular weight is 373 g/mol. The number of Topliss-reactive ketones (excluding diaryl/α,β-unsaturated/α-hetero) is 1. The van der Waals surface area contributed by atoms with Gasteiger partial charge in [0.25, 0.3) is 0 Å². The molecule has 0 fully saturated rings. The van der Waals surface area contributed by atoms with Crippen LogP contribution in [0.5, 0.6) is 0 Å². The summed E-state index contributed by atoms with van der Waals surface area (Å²) < 4.78 is 42.9. The van der Waals surface area contributed by atoms with Crippen molar-refractivity contribution in [3.8, 4) is 0 Å². The predicted molar refractivity (Wildman–Crippen MR) is 94.1 cm³/mol. The summed E-state index contributed by atoms with van der Waals surface area (Å²) in [5.41, 5.74) is 0.578. The lowest BCUT2D eigenvalue weighted by molar-refractivity contribution is -0.138. The number of hydrogen-bond acceptors (Lipinski definition) is 3. The summed E-state index contributed by atoms with van der Waals surface area (Å²) in [5, 5.41) is 0.720. The highest BCUT2D eigenvalue weighted by atomic mass is 19.4. The van der Waals surface area contributed by atoms with Crippen molar-refractivity contribution in [2.24, 2.45) is 0 Å². The van der Waals surface area contributed by atoms with Gasteiger partial charge < -0.3 is 9.72 Å². The van der Waals surface area contributed by atoms with E-state index in [2.05, 4.69) is 4.98 Å². The zero-order valence-electron chi connectivity index (χ0n) is 13.9. The Morgan fingerprint density at radius 3 is 2.63 bits per heavy atom. The number of rotatable bonds is 5. The van der Waals surface area contributed by atoms with E-state index in [4.69, 9.17) is 4.74 Å². The number of alkyl halides is 3. The number of nitrogens with one attached hydrogen (secondary N) is 1. The molecular weight excluding hydrogens is 359 g/mol. The second kappa shape index (κ2) is 7.49. The molecule has 0 unspecified atom stereocenters. The number of hydrogen-bond donors (Lipinski definition) is 1. The summed E-state index contributed by atoms with van der Waals surface area (Å²) in [4.78, 5) is 26.9. The molecule has 2 aromatic carbocycles. The maximum Gasteiger partial charge on any atom is 0.416 e. The van der Waals surface area contributed by atoms with E-state index in [0.29, 0.717) is 5.56 Å². The molecule has 0 radical (unpaired) electrons. The third kappa shape index (κ3) is 4.44. The van der Waals surface area contributed by atoms with Crippen LogP contribution in [0.4, 0.5) is 13.2 Å². The molecule has 0 atom stereocenters. The van der Waals surface area contributed by atoms with Gasteiger partial charge >= 0.3 is 12.1 Å². The number of carbonyl (C=O) groups is 2. The molecular formula is C20H14F3NO3. The van der Waals surface area contributed by atoms with E-state index in [1.165, 1.54) is 18.2 Å². The summed E-state index contributed by atoms with van der Waals surface area (Å²) in [6.45, 7) is -0.465. The largest absolute Gasteiger partial charge is 0.454 e. The van der Waals surface area contributed by atoms with Crippen molar-refractivity contribution in [2.75, 3.05) is 6.61 Å². The number of aromatic amines is 1.